The Kier molecular flexibility index (Phi) is 6.44. The maximum absolute atomic E-state index is 13.4. The van der Waals surface area contributed by atoms with Crippen LogP contribution in [0.15, 0.2) is 41.8 Å². The summed E-state index contributed by atoms with van der Waals surface area (Å²) in [5, 5.41) is 9.09. The number of carbonyl (C=O) groups excluding carboxylic acids is 3. The molecule has 1 aromatic heterocycles. The van der Waals surface area contributed by atoms with Gasteiger partial charge in [0, 0.05) is 12.1 Å². The Morgan fingerprint density at radius 2 is 1.62 bits per heavy atom. The van der Waals surface area contributed by atoms with Gasteiger partial charge in [0.25, 0.3) is 5.91 Å². The van der Waals surface area contributed by atoms with E-state index >= 15 is 0 Å². The van der Waals surface area contributed by atoms with Gasteiger partial charge >= 0.3 is 0 Å². The lowest BCUT2D eigenvalue weighted by Gasteiger charge is -2.08. The molecule has 0 fully saturated rings. The molecule has 3 N–H and O–H groups in total. The zero-order chi connectivity index (χ0) is 17.4. The summed E-state index contributed by atoms with van der Waals surface area (Å²) < 4.78 is 13.4. The second kappa shape index (κ2) is 8.78. The highest BCUT2D eigenvalue weighted by Crippen LogP contribution is 2.07. The van der Waals surface area contributed by atoms with Gasteiger partial charge in [-0.2, -0.15) is 0 Å². The highest BCUT2D eigenvalue weighted by atomic mass is 32.1. The normalized spacial score (nSPS) is 10.0. The van der Waals surface area contributed by atoms with Crippen molar-refractivity contribution >= 4 is 29.1 Å². The molecule has 0 atom stereocenters. The Balaban J connectivity index is 1.65. The van der Waals surface area contributed by atoms with Crippen molar-refractivity contribution in [3.8, 4) is 0 Å². The van der Waals surface area contributed by atoms with E-state index in [1.165, 1.54) is 17.4 Å². The Bertz CT molecular complexity index is 719. The smallest absolute Gasteiger partial charge is 0.261 e. The first-order chi connectivity index (χ1) is 11.6. The Hall–Kier alpha value is -2.74. The molecular weight excluding hydrogens is 333 g/mol. The summed E-state index contributed by atoms with van der Waals surface area (Å²) in [4.78, 5) is 35.4. The highest BCUT2D eigenvalue weighted by Gasteiger charge is 2.10. The lowest BCUT2D eigenvalue weighted by atomic mass is 10.2. The molecule has 0 aliphatic rings. The average Bonchev–Trinajstić information content (AvgIpc) is 3.11. The van der Waals surface area contributed by atoms with Gasteiger partial charge in [-0.25, -0.2) is 4.39 Å². The molecule has 1 aromatic carbocycles. The van der Waals surface area contributed by atoms with Gasteiger partial charge in [0.05, 0.1) is 18.0 Å². The topological polar surface area (TPSA) is 87.3 Å². The van der Waals surface area contributed by atoms with E-state index in [0.717, 1.165) is 0 Å². The van der Waals surface area contributed by atoms with Crippen LogP contribution in [-0.2, 0) is 16.1 Å². The molecule has 8 heteroatoms. The minimum atomic E-state index is -0.485. The lowest BCUT2D eigenvalue weighted by Crippen LogP contribution is -2.41. The third-order valence-corrected chi connectivity index (χ3v) is 3.90. The minimum Gasteiger partial charge on any atom is -0.350 e. The summed E-state index contributed by atoms with van der Waals surface area (Å²) in [7, 11) is 0. The van der Waals surface area contributed by atoms with Crippen molar-refractivity contribution in [3.05, 3.63) is 58.0 Å². The van der Waals surface area contributed by atoms with Crippen LogP contribution >= 0.6 is 11.3 Å². The number of hydrogen-bond donors (Lipinski definition) is 3. The first-order valence-corrected chi connectivity index (χ1v) is 8.02. The van der Waals surface area contributed by atoms with Crippen molar-refractivity contribution in [2.45, 2.75) is 6.54 Å². The molecular formula is C16H16FN3O3S. The van der Waals surface area contributed by atoms with Crippen LogP contribution in [0, 0.1) is 5.82 Å². The number of halogens is 1. The van der Waals surface area contributed by atoms with Gasteiger partial charge in [-0.3, -0.25) is 14.4 Å². The van der Waals surface area contributed by atoms with Crippen molar-refractivity contribution in [1.82, 2.24) is 16.0 Å². The van der Waals surface area contributed by atoms with Crippen molar-refractivity contribution in [1.29, 1.82) is 0 Å². The summed E-state index contributed by atoms with van der Waals surface area (Å²) in [6, 6.07) is 9.48. The third-order valence-electron chi connectivity index (χ3n) is 3.03. The van der Waals surface area contributed by atoms with E-state index in [0.29, 0.717) is 10.4 Å². The van der Waals surface area contributed by atoms with E-state index in [1.807, 2.05) is 0 Å². The SMILES string of the molecule is O=C(CNC(=O)CNC(=O)c1cccs1)NCc1ccccc1F. The predicted molar refractivity (Wildman–Crippen MR) is 87.9 cm³/mol. The summed E-state index contributed by atoms with van der Waals surface area (Å²) in [5.74, 6) is -1.68. The van der Waals surface area contributed by atoms with Gasteiger partial charge in [-0.05, 0) is 17.5 Å². The van der Waals surface area contributed by atoms with Crippen molar-refractivity contribution in [3.63, 3.8) is 0 Å². The summed E-state index contributed by atoms with van der Waals surface area (Å²) in [5.41, 5.74) is 0.361. The standard InChI is InChI=1S/C16H16FN3O3S/c17-12-5-2-1-4-11(12)8-18-14(21)9-19-15(22)10-20-16(23)13-6-3-7-24-13/h1-7H,8-10H2,(H,18,21)(H,19,22)(H,20,23). The molecule has 3 amide bonds. The molecule has 1 heterocycles. The van der Waals surface area contributed by atoms with Crippen LogP contribution in [0.2, 0.25) is 0 Å². The fraction of sp³-hybridized carbons (Fsp3) is 0.188. The molecule has 0 spiro atoms. The quantitative estimate of drug-likeness (QED) is 0.698. The Morgan fingerprint density at radius 3 is 2.33 bits per heavy atom. The van der Waals surface area contributed by atoms with Crippen molar-refractivity contribution in [2.24, 2.45) is 0 Å². The molecule has 6 nitrogen and oxygen atoms in total. The summed E-state index contributed by atoms with van der Waals surface area (Å²) >= 11 is 1.27. The number of amides is 3. The maximum atomic E-state index is 13.4. The molecule has 0 aliphatic carbocycles. The van der Waals surface area contributed by atoms with E-state index < -0.39 is 17.6 Å². The number of rotatable bonds is 7. The molecule has 2 aromatic rings. The fourth-order valence-corrected chi connectivity index (χ4v) is 2.43. The van der Waals surface area contributed by atoms with Crippen LogP contribution in [0.25, 0.3) is 0 Å². The zero-order valence-electron chi connectivity index (χ0n) is 12.7. The Morgan fingerprint density at radius 1 is 0.917 bits per heavy atom. The van der Waals surface area contributed by atoms with Crippen LogP contribution in [-0.4, -0.2) is 30.8 Å². The van der Waals surface area contributed by atoms with Crippen LogP contribution in [0.4, 0.5) is 4.39 Å². The molecule has 0 bridgehead atoms. The zero-order valence-corrected chi connectivity index (χ0v) is 13.5. The molecule has 0 unspecified atom stereocenters. The van der Waals surface area contributed by atoms with Gasteiger partial charge < -0.3 is 16.0 Å². The van der Waals surface area contributed by atoms with Crippen molar-refractivity contribution in [2.75, 3.05) is 13.1 Å². The molecule has 126 valence electrons. The van der Waals surface area contributed by atoms with Crippen molar-refractivity contribution < 1.29 is 18.8 Å². The van der Waals surface area contributed by atoms with Crippen LogP contribution < -0.4 is 16.0 Å². The van der Waals surface area contributed by atoms with Gasteiger partial charge in [-0.1, -0.05) is 24.3 Å². The Labute approximate surface area is 142 Å². The van der Waals surface area contributed by atoms with E-state index in [2.05, 4.69) is 16.0 Å². The van der Waals surface area contributed by atoms with Crippen LogP contribution in [0.5, 0.6) is 0 Å². The van der Waals surface area contributed by atoms with Gasteiger partial charge in [0.1, 0.15) is 5.82 Å². The second-order valence-corrected chi connectivity index (χ2v) is 5.75. The first-order valence-electron chi connectivity index (χ1n) is 7.15. The average molecular weight is 349 g/mol. The number of thiophene rings is 1. The van der Waals surface area contributed by atoms with Gasteiger partial charge in [-0.15, -0.1) is 11.3 Å². The van der Waals surface area contributed by atoms with E-state index in [4.69, 9.17) is 0 Å². The number of nitrogens with one attached hydrogen (secondary N) is 3. The molecule has 24 heavy (non-hydrogen) atoms. The van der Waals surface area contributed by atoms with E-state index in [1.54, 1.807) is 35.7 Å². The second-order valence-electron chi connectivity index (χ2n) is 4.80. The third kappa shape index (κ3) is 5.47. The van der Waals surface area contributed by atoms with Gasteiger partial charge in [0.15, 0.2) is 0 Å². The predicted octanol–water partition coefficient (Wildman–Crippen LogP) is 1.05. The number of hydrogen-bond acceptors (Lipinski definition) is 4. The minimum absolute atomic E-state index is 0.0382. The summed E-state index contributed by atoms with van der Waals surface area (Å²) in [6.07, 6.45) is 0. The molecule has 2 rings (SSSR count). The number of benzene rings is 1. The highest BCUT2D eigenvalue weighted by molar-refractivity contribution is 7.12. The molecule has 0 saturated heterocycles. The van der Waals surface area contributed by atoms with Crippen LogP contribution in [0.1, 0.15) is 15.2 Å². The first kappa shape index (κ1) is 17.6. The maximum Gasteiger partial charge on any atom is 0.261 e. The molecule has 0 saturated carbocycles. The number of carbonyl (C=O) groups is 3. The van der Waals surface area contributed by atoms with Gasteiger partial charge in [0.2, 0.25) is 11.8 Å². The van der Waals surface area contributed by atoms with E-state index in [9.17, 15) is 18.8 Å². The van der Waals surface area contributed by atoms with E-state index in [-0.39, 0.29) is 25.5 Å². The monoisotopic (exact) mass is 349 g/mol. The molecule has 0 radical (unpaired) electrons. The van der Waals surface area contributed by atoms with Crippen LogP contribution in [0.3, 0.4) is 0 Å². The summed E-state index contributed by atoms with van der Waals surface area (Å²) in [6.45, 7) is -0.435. The fourth-order valence-electron chi connectivity index (χ4n) is 1.79. The lowest BCUT2D eigenvalue weighted by molar-refractivity contribution is -0.125. The molecule has 0 aliphatic heterocycles. The largest absolute Gasteiger partial charge is 0.350 e.